The van der Waals surface area contributed by atoms with Gasteiger partial charge in [-0.3, -0.25) is 4.79 Å². The fraction of sp³-hybridized carbons (Fsp3) is 0.188. The van der Waals surface area contributed by atoms with Crippen LogP contribution in [0.25, 0.3) is 10.8 Å². The number of hydrogen-bond donors (Lipinski definition) is 0. The number of benzene rings is 2. The molecule has 0 aliphatic carbocycles. The van der Waals surface area contributed by atoms with E-state index in [1.165, 1.54) is 5.39 Å². The molecule has 0 bridgehead atoms. The predicted molar refractivity (Wildman–Crippen MR) is 72.3 cm³/mol. The Hall–Kier alpha value is -1.89. The minimum atomic E-state index is 0.193. The summed E-state index contributed by atoms with van der Waals surface area (Å²) >= 11 is 0. The van der Waals surface area contributed by atoms with E-state index in [2.05, 4.69) is 12.6 Å². The molecule has 0 aliphatic heterocycles. The number of carbonyl (C=O) groups excluding carboxylic acids is 1. The van der Waals surface area contributed by atoms with Crippen LogP contribution in [-0.4, -0.2) is 5.78 Å². The molecule has 0 saturated carbocycles. The fourth-order valence-corrected chi connectivity index (χ4v) is 1.83. The molecule has 2 rings (SSSR count). The Labute approximate surface area is 102 Å². The second kappa shape index (κ2) is 4.96. The van der Waals surface area contributed by atoms with E-state index in [0.29, 0.717) is 6.42 Å². The summed E-state index contributed by atoms with van der Waals surface area (Å²) in [5, 5.41) is 2.29. The molecular weight excluding hydrogens is 208 g/mol. The highest BCUT2D eigenvalue weighted by atomic mass is 16.1. The minimum absolute atomic E-state index is 0.193. The first-order valence-electron chi connectivity index (χ1n) is 5.83. The van der Waals surface area contributed by atoms with Gasteiger partial charge in [0.1, 0.15) is 0 Å². The molecule has 2 aromatic rings. The van der Waals surface area contributed by atoms with E-state index in [1.807, 2.05) is 43.3 Å². The number of carbonyl (C=O) groups is 1. The van der Waals surface area contributed by atoms with E-state index < -0.39 is 0 Å². The second-order valence-corrected chi connectivity index (χ2v) is 4.44. The van der Waals surface area contributed by atoms with Gasteiger partial charge in [-0.2, -0.15) is 0 Å². The van der Waals surface area contributed by atoms with Crippen LogP contribution in [0, 0.1) is 0 Å². The minimum Gasteiger partial charge on any atom is -0.294 e. The maximum Gasteiger partial charge on any atom is 0.163 e. The molecule has 1 nitrogen and oxygen atoms in total. The van der Waals surface area contributed by atoms with Crippen molar-refractivity contribution in [3.63, 3.8) is 0 Å². The van der Waals surface area contributed by atoms with Gasteiger partial charge in [-0.1, -0.05) is 42.0 Å². The third-order valence-corrected chi connectivity index (χ3v) is 2.85. The van der Waals surface area contributed by atoms with E-state index in [9.17, 15) is 4.79 Å². The van der Waals surface area contributed by atoms with Gasteiger partial charge in [-0.15, -0.1) is 6.58 Å². The molecule has 0 fully saturated rings. The zero-order valence-electron chi connectivity index (χ0n) is 10.1. The van der Waals surface area contributed by atoms with Crippen LogP contribution in [0.15, 0.2) is 54.6 Å². The van der Waals surface area contributed by atoms with E-state index in [-0.39, 0.29) is 5.78 Å². The van der Waals surface area contributed by atoms with Crippen molar-refractivity contribution >= 4 is 16.6 Å². The average molecular weight is 224 g/mol. The average Bonchev–Trinajstić information content (AvgIpc) is 2.35. The first-order valence-corrected chi connectivity index (χ1v) is 5.83. The Morgan fingerprint density at radius 1 is 1.06 bits per heavy atom. The van der Waals surface area contributed by atoms with Crippen LogP contribution in [0.4, 0.5) is 0 Å². The van der Waals surface area contributed by atoms with E-state index >= 15 is 0 Å². The van der Waals surface area contributed by atoms with Gasteiger partial charge in [0, 0.05) is 12.0 Å². The maximum absolute atomic E-state index is 12.0. The summed E-state index contributed by atoms with van der Waals surface area (Å²) in [5.74, 6) is 0.193. The highest BCUT2D eigenvalue weighted by Gasteiger charge is 2.06. The Balaban J connectivity index is 2.24. The van der Waals surface area contributed by atoms with Crippen LogP contribution < -0.4 is 0 Å². The van der Waals surface area contributed by atoms with Crippen molar-refractivity contribution in [2.24, 2.45) is 0 Å². The largest absolute Gasteiger partial charge is 0.294 e. The summed E-state index contributed by atoms with van der Waals surface area (Å²) < 4.78 is 0. The van der Waals surface area contributed by atoms with Gasteiger partial charge in [-0.25, -0.2) is 0 Å². The molecule has 1 heteroatoms. The molecule has 17 heavy (non-hydrogen) atoms. The van der Waals surface area contributed by atoms with Gasteiger partial charge >= 0.3 is 0 Å². The van der Waals surface area contributed by atoms with Crippen LogP contribution in [0.1, 0.15) is 30.1 Å². The molecule has 0 aliphatic rings. The lowest BCUT2D eigenvalue weighted by atomic mass is 10.0. The number of Topliss-reactive ketones (excluding diaryl/α,β-unsaturated/α-hetero) is 1. The summed E-state index contributed by atoms with van der Waals surface area (Å²) in [5.41, 5.74) is 1.85. The molecule has 0 amide bonds. The van der Waals surface area contributed by atoms with E-state index in [0.717, 1.165) is 22.9 Å². The Kier molecular flexibility index (Phi) is 3.38. The highest BCUT2D eigenvalue weighted by Crippen LogP contribution is 2.17. The van der Waals surface area contributed by atoms with Crippen LogP contribution in [0.3, 0.4) is 0 Å². The second-order valence-electron chi connectivity index (χ2n) is 4.44. The first-order chi connectivity index (χ1) is 8.16. The van der Waals surface area contributed by atoms with Gasteiger partial charge in [0.05, 0.1) is 0 Å². The fourth-order valence-electron chi connectivity index (χ4n) is 1.83. The van der Waals surface area contributed by atoms with Gasteiger partial charge in [-0.05, 0) is 30.2 Å². The predicted octanol–water partition coefficient (Wildman–Crippen LogP) is 4.38. The van der Waals surface area contributed by atoms with Gasteiger partial charge in [0.15, 0.2) is 5.78 Å². The number of rotatable bonds is 4. The molecule has 0 radical (unpaired) electrons. The lowest BCUT2D eigenvalue weighted by Crippen LogP contribution is -1.98. The monoisotopic (exact) mass is 224 g/mol. The topological polar surface area (TPSA) is 17.1 Å². The van der Waals surface area contributed by atoms with Crippen LogP contribution in [0.5, 0.6) is 0 Å². The van der Waals surface area contributed by atoms with Crippen LogP contribution in [0.2, 0.25) is 0 Å². The SMILES string of the molecule is C=C(C)CCC(=O)c1ccc2ccccc2c1. The van der Waals surface area contributed by atoms with Gasteiger partial charge in [0.2, 0.25) is 0 Å². The number of fused-ring (bicyclic) bond motifs is 1. The Morgan fingerprint density at radius 3 is 2.47 bits per heavy atom. The summed E-state index contributed by atoms with van der Waals surface area (Å²) in [4.78, 5) is 12.0. The van der Waals surface area contributed by atoms with Crippen molar-refractivity contribution in [2.45, 2.75) is 19.8 Å². The highest BCUT2D eigenvalue weighted by molar-refractivity contribution is 6.00. The summed E-state index contributed by atoms with van der Waals surface area (Å²) in [7, 11) is 0. The van der Waals surface area contributed by atoms with E-state index in [1.54, 1.807) is 0 Å². The molecule has 0 heterocycles. The van der Waals surface area contributed by atoms with Crippen molar-refractivity contribution in [3.05, 3.63) is 60.2 Å². The van der Waals surface area contributed by atoms with Gasteiger partial charge < -0.3 is 0 Å². The van der Waals surface area contributed by atoms with Crippen molar-refractivity contribution in [1.82, 2.24) is 0 Å². The smallest absolute Gasteiger partial charge is 0.163 e. The molecule has 0 unspecified atom stereocenters. The number of allylic oxidation sites excluding steroid dienone is 1. The Bertz CT molecular complexity index is 567. The zero-order valence-corrected chi connectivity index (χ0v) is 10.1. The standard InChI is InChI=1S/C16H16O/c1-12(2)7-10-16(17)15-9-8-13-5-3-4-6-14(13)11-15/h3-6,8-9,11H,1,7,10H2,2H3. The maximum atomic E-state index is 12.0. The molecule has 0 N–H and O–H groups in total. The lowest BCUT2D eigenvalue weighted by molar-refractivity contribution is 0.0983. The number of hydrogen-bond acceptors (Lipinski definition) is 1. The summed E-state index contributed by atoms with van der Waals surface area (Å²) in [6.45, 7) is 5.77. The molecule has 0 saturated heterocycles. The summed E-state index contributed by atoms with van der Waals surface area (Å²) in [6.07, 6.45) is 1.32. The van der Waals surface area contributed by atoms with Crippen molar-refractivity contribution in [3.8, 4) is 0 Å². The molecule has 2 aromatic carbocycles. The van der Waals surface area contributed by atoms with Crippen LogP contribution in [-0.2, 0) is 0 Å². The molecule has 0 atom stereocenters. The van der Waals surface area contributed by atoms with Crippen LogP contribution >= 0.6 is 0 Å². The molecule has 86 valence electrons. The molecule has 0 aromatic heterocycles. The zero-order chi connectivity index (χ0) is 12.3. The third-order valence-electron chi connectivity index (χ3n) is 2.85. The molecule has 0 spiro atoms. The van der Waals surface area contributed by atoms with Crippen molar-refractivity contribution < 1.29 is 4.79 Å². The van der Waals surface area contributed by atoms with Gasteiger partial charge in [0.25, 0.3) is 0 Å². The quantitative estimate of drug-likeness (QED) is 0.556. The lowest BCUT2D eigenvalue weighted by Gasteiger charge is -2.03. The summed E-state index contributed by atoms with van der Waals surface area (Å²) in [6, 6.07) is 14.0. The van der Waals surface area contributed by atoms with Crippen molar-refractivity contribution in [1.29, 1.82) is 0 Å². The first kappa shape index (κ1) is 11.6. The Morgan fingerprint density at radius 2 is 1.76 bits per heavy atom. The molecular formula is C16H16O. The normalized spacial score (nSPS) is 10.4. The number of ketones is 1. The van der Waals surface area contributed by atoms with E-state index in [4.69, 9.17) is 0 Å². The van der Waals surface area contributed by atoms with Crippen molar-refractivity contribution in [2.75, 3.05) is 0 Å². The third kappa shape index (κ3) is 2.82.